The average Bonchev–Trinajstić information content (AvgIpc) is 3.02. The van der Waals surface area contributed by atoms with Crippen LogP contribution in [0.25, 0.3) is 5.52 Å². The van der Waals surface area contributed by atoms with Gasteiger partial charge < -0.3 is 11.1 Å². The summed E-state index contributed by atoms with van der Waals surface area (Å²) in [6.45, 7) is 3.00. The van der Waals surface area contributed by atoms with Crippen molar-refractivity contribution >= 4 is 17.0 Å². The van der Waals surface area contributed by atoms with E-state index in [1.54, 1.807) is 6.33 Å². The number of nitrogens with zero attached hydrogens (tertiary/aromatic N) is 4. The van der Waals surface area contributed by atoms with Gasteiger partial charge >= 0.3 is 0 Å². The van der Waals surface area contributed by atoms with Crippen molar-refractivity contribution in [2.45, 2.75) is 25.4 Å². The Hall–Kier alpha value is -2.44. The second-order valence-electron chi connectivity index (χ2n) is 6.35. The SMILES string of the molecule is NC1CCN(Cc2ccn3ncnc(Nc4ccccc4)c23)CC1. The normalized spacial score (nSPS) is 16.5. The highest BCUT2D eigenvalue weighted by molar-refractivity contribution is 5.76. The number of likely N-dealkylation sites (tertiary alicyclic amines) is 1. The van der Waals surface area contributed by atoms with Crippen molar-refractivity contribution in [2.24, 2.45) is 5.73 Å². The molecule has 0 radical (unpaired) electrons. The summed E-state index contributed by atoms with van der Waals surface area (Å²) in [4.78, 5) is 6.91. The van der Waals surface area contributed by atoms with Crippen LogP contribution in [0.1, 0.15) is 18.4 Å². The predicted octanol–water partition coefficient (Wildman–Crippen LogP) is 2.40. The van der Waals surface area contributed by atoms with Gasteiger partial charge in [0.05, 0.1) is 0 Å². The number of hydrogen-bond acceptors (Lipinski definition) is 5. The minimum atomic E-state index is 0.352. The summed E-state index contributed by atoms with van der Waals surface area (Å²) in [5.74, 6) is 0.838. The molecule has 0 amide bonds. The van der Waals surface area contributed by atoms with Gasteiger partial charge in [0.25, 0.3) is 0 Å². The molecule has 124 valence electrons. The van der Waals surface area contributed by atoms with Gasteiger partial charge in [-0.15, -0.1) is 0 Å². The standard InChI is InChI=1S/C18H22N6/c19-15-7-9-23(10-8-15)12-14-6-11-24-17(14)18(20-13-21-24)22-16-4-2-1-3-5-16/h1-6,11,13,15H,7-10,12,19H2,(H,20,21,22). The Morgan fingerprint density at radius 3 is 2.71 bits per heavy atom. The maximum atomic E-state index is 6.01. The van der Waals surface area contributed by atoms with Gasteiger partial charge in [-0.25, -0.2) is 9.50 Å². The van der Waals surface area contributed by atoms with E-state index in [1.807, 2.05) is 41.0 Å². The minimum Gasteiger partial charge on any atom is -0.338 e. The van der Waals surface area contributed by atoms with Gasteiger partial charge in [-0.3, -0.25) is 4.90 Å². The molecule has 1 aromatic carbocycles. The fourth-order valence-electron chi connectivity index (χ4n) is 3.25. The Morgan fingerprint density at radius 2 is 1.92 bits per heavy atom. The number of anilines is 2. The predicted molar refractivity (Wildman–Crippen MR) is 95.2 cm³/mol. The number of aromatic nitrogens is 3. The van der Waals surface area contributed by atoms with Crippen LogP contribution in [-0.2, 0) is 6.54 Å². The number of nitrogens with two attached hydrogens (primary N) is 1. The highest BCUT2D eigenvalue weighted by Crippen LogP contribution is 2.24. The van der Waals surface area contributed by atoms with Crippen molar-refractivity contribution in [3.05, 3.63) is 54.5 Å². The number of rotatable bonds is 4. The first kappa shape index (κ1) is 15.1. The molecule has 1 fully saturated rings. The van der Waals surface area contributed by atoms with Crippen LogP contribution >= 0.6 is 0 Å². The number of para-hydroxylation sites is 1. The van der Waals surface area contributed by atoms with Crippen LogP contribution in [0.2, 0.25) is 0 Å². The van der Waals surface area contributed by atoms with Crippen LogP contribution in [-0.4, -0.2) is 38.6 Å². The average molecular weight is 322 g/mol. The highest BCUT2D eigenvalue weighted by Gasteiger charge is 2.18. The van der Waals surface area contributed by atoms with Crippen molar-refractivity contribution in [3.63, 3.8) is 0 Å². The van der Waals surface area contributed by atoms with Crippen LogP contribution in [0.5, 0.6) is 0 Å². The number of fused-ring (bicyclic) bond motifs is 1. The van der Waals surface area contributed by atoms with Crippen LogP contribution in [0.15, 0.2) is 48.9 Å². The van der Waals surface area contributed by atoms with Gasteiger partial charge in [0.2, 0.25) is 0 Å². The largest absolute Gasteiger partial charge is 0.338 e. The molecular formula is C18H22N6. The summed E-state index contributed by atoms with van der Waals surface area (Å²) < 4.78 is 1.89. The Morgan fingerprint density at radius 1 is 1.12 bits per heavy atom. The smallest absolute Gasteiger partial charge is 0.158 e. The Kier molecular flexibility index (Phi) is 4.15. The van der Waals surface area contributed by atoms with E-state index < -0.39 is 0 Å². The third kappa shape index (κ3) is 3.11. The number of nitrogens with one attached hydrogen (secondary N) is 1. The molecule has 0 spiro atoms. The number of hydrogen-bond donors (Lipinski definition) is 2. The zero-order valence-corrected chi connectivity index (χ0v) is 13.6. The Balaban J connectivity index is 1.62. The Labute approximate surface area is 141 Å². The van der Waals surface area contributed by atoms with Crippen LogP contribution < -0.4 is 11.1 Å². The molecule has 0 aliphatic carbocycles. The second-order valence-corrected chi connectivity index (χ2v) is 6.35. The van der Waals surface area contributed by atoms with Crippen molar-refractivity contribution in [1.29, 1.82) is 0 Å². The second kappa shape index (κ2) is 6.59. The highest BCUT2D eigenvalue weighted by atomic mass is 15.3. The molecule has 1 aliphatic rings. The Bertz CT molecular complexity index is 805. The molecule has 3 aromatic rings. The maximum Gasteiger partial charge on any atom is 0.158 e. The van der Waals surface area contributed by atoms with E-state index in [0.29, 0.717) is 6.04 Å². The van der Waals surface area contributed by atoms with Crippen molar-refractivity contribution in [3.8, 4) is 0 Å². The summed E-state index contributed by atoms with van der Waals surface area (Å²) in [6, 6.07) is 12.6. The lowest BCUT2D eigenvalue weighted by molar-refractivity contribution is 0.206. The molecule has 0 saturated carbocycles. The molecule has 0 bridgehead atoms. The van der Waals surface area contributed by atoms with E-state index in [4.69, 9.17) is 5.73 Å². The van der Waals surface area contributed by atoms with E-state index >= 15 is 0 Å². The first-order valence-electron chi connectivity index (χ1n) is 8.41. The molecule has 0 unspecified atom stereocenters. The molecule has 6 nitrogen and oxygen atoms in total. The van der Waals surface area contributed by atoms with Crippen LogP contribution in [0, 0.1) is 0 Å². The van der Waals surface area contributed by atoms with Crippen molar-refractivity contribution in [2.75, 3.05) is 18.4 Å². The lowest BCUT2D eigenvalue weighted by Gasteiger charge is -2.29. The molecule has 1 aliphatic heterocycles. The van der Waals surface area contributed by atoms with Gasteiger partial charge in [-0.2, -0.15) is 5.10 Å². The van der Waals surface area contributed by atoms with E-state index in [2.05, 4.69) is 26.4 Å². The maximum absolute atomic E-state index is 6.01. The van der Waals surface area contributed by atoms with E-state index in [-0.39, 0.29) is 0 Å². The minimum absolute atomic E-state index is 0.352. The zero-order chi connectivity index (χ0) is 16.4. The third-order valence-electron chi connectivity index (χ3n) is 4.60. The summed E-state index contributed by atoms with van der Waals surface area (Å²) in [6.07, 6.45) is 5.72. The summed E-state index contributed by atoms with van der Waals surface area (Å²) >= 11 is 0. The van der Waals surface area contributed by atoms with E-state index in [0.717, 1.165) is 49.5 Å². The lowest BCUT2D eigenvalue weighted by atomic mass is 10.1. The van der Waals surface area contributed by atoms with Gasteiger partial charge in [0, 0.05) is 24.5 Å². The van der Waals surface area contributed by atoms with Gasteiger partial charge in [-0.05, 0) is 49.7 Å². The molecule has 24 heavy (non-hydrogen) atoms. The van der Waals surface area contributed by atoms with Crippen molar-refractivity contribution < 1.29 is 0 Å². The molecule has 3 N–H and O–H groups in total. The van der Waals surface area contributed by atoms with Crippen molar-refractivity contribution in [1.82, 2.24) is 19.5 Å². The zero-order valence-electron chi connectivity index (χ0n) is 13.6. The molecule has 4 rings (SSSR count). The quantitative estimate of drug-likeness (QED) is 0.772. The molecule has 1 saturated heterocycles. The van der Waals surface area contributed by atoms with Gasteiger partial charge in [0.15, 0.2) is 5.82 Å². The lowest BCUT2D eigenvalue weighted by Crippen LogP contribution is -2.39. The third-order valence-corrected chi connectivity index (χ3v) is 4.60. The molecule has 3 heterocycles. The molecule has 0 atom stereocenters. The number of piperidine rings is 1. The monoisotopic (exact) mass is 322 g/mol. The summed E-state index contributed by atoms with van der Waals surface area (Å²) in [5.41, 5.74) is 9.31. The van der Waals surface area contributed by atoms with E-state index in [9.17, 15) is 0 Å². The summed E-state index contributed by atoms with van der Waals surface area (Å²) in [7, 11) is 0. The van der Waals surface area contributed by atoms with E-state index in [1.165, 1.54) is 5.56 Å². The molecule has 2 aromatic heterocycles. The fourth-order valence-corrected chi connectivity index (χ4v) is 3.25. The first-order chi connectivity index (χ1) is 11.8. The molecule has 6 heteroatoms. The van der Waals surface area contributed by atoms with Gasteiger partial charge in [-0.1, -0.05) is 18.2 Å². The number of benzene rings is 1. The van der Waals surface area contributed by atoms with Crippen LogP contribution in [0.3, 0.4) is 0 Å². The molecular weight excluding hydrogens is 300 g/mol. The fraction of sp³-hybridized carbons (Fsp3) is 0.333. The topological polar surface area (TPSA) is 71.5 Å². The van der Waals surface area contributed by atoms with Crippen LogP contribution in [0.4, 0.5) is 11.5 Å². The first-order valence-corrected chi connectivity index (χ1v) is 8.41. The van der Waals surface area contributed by atoms with Gasteiger partial charge in [0.1, 0.15) is 11.8 Å². The summed E-state index contributed by atoms with van der Waals surface area (Å²) in [5, 5.41) is 7.74.